The van der Waals surface area contributed by atoms with Crippen molar-refractivity contribution in [2.75, 3.05) is 0 Å². The zero-order valence-electron chi connectivity index (χ0n) is 14.0. The van der Waals surface area contributed by atoms with Crippen molar-refractivity contribution >= 4 is 17.0 Å². The lowest BCUT2D eigenvalue weighted by atomic mass is 9.96. The highest BCUT2D eigenvalue weighted by Crippen LogP contribution is 2.22. The number of rotatable bonds is 4. The van der Waals surface area contributed by atoms with Crippen molar-refractivity contribution in [2.45, 2.75) is 58.4 Å². The fraction of sp³-hybridized carbons (Fsp3) is 0.474. The molecule has 0 aliphatic heterocycles. The van der Waals surface area contributed by atoms with Gasteiger partial charge >= 0.3 is 0 Å². The molecule has 1 aliphatic rings. The van der Waals surface area contributed by atoms with E-state index in [0.29, 0.717) is 6.04 Å². The highest BCUT2D eigenvalue weighted by Gasteiger charge is 2.14. The first-order valence-electron chi connectivity index (χ1n) is 8.62. The van der Waals surface area contributed by atoms with Crippen molar-refractivity contribution in [3.8, 4) is 11.3 Å². The molecule has 1 heterocycles. The predicted octanol–water partition coefficient (Wildman–Crippen LogP) is 5.08. The summed E-state index contributed by atoms with van der Waals surface area (Å²) in [6.45, 7) is 4.23. The molecule has 0 spiro atoms. The molecule has 0 radical (unpaired) electrons. The first-order chi connectivity index (χ1) is 11.3. The molecule has 0 bridgehead atoms. The zero-order valence-corrected chi connectivity index (χ0v) is 14.9. The summed E-state index contributed by atoms with van der Waals surface area (Å²) >= 11 is 1.71. The van der Waals surface area contributed by atoms with Gasteiger partial charge in [-0.2, -0.15) is 5.10 Å². The first-order valence-corrected chi connectivity index (χ1v) is 9.50. The molecule has 4 heteroatoms. The van der Waals surface area contributed by atoms with Gasteiger partial charge in [0.15, 0.2) is 0 Å². The quantitative estimate of drug-likeness (QED) is 0.701. The summed E-state index contributed by atoms with van der Waals surface area (Å²) in [5, 5.41) is 7.01. The third-order valence-corrected chi connectivity index (χ3v) is 5.24. The Kier molecular flexibility index (Phi) is 5.44. The fourth-order valence-corrected chi connectivity index (χ4v) is 3.80. The average Bonchev–Trinajstić information content (AvgIpc) is 2.99. The van der Waals surface area contributed by atoms with E-state index in [2.05, 4.69) is 43.5 Å². The van der Waals surface area contributed by atoms with Crippen LogP contribution >= 0.6 is 11.3 Å². The molecule has 1 aliphatic carbocycles. The van der Waals surface area contributed by atoms with E-state index >= 15 is 0 Å². The molecular formula is C19H25N3S. The summed E-state index contributed by atoms with van der Waals surface area (Å²) in [5.74, 6) is 0. The Balaban J connectivity index is 2.06. The SMILES string of the molecule is CCC(C)=Nn1c(-c2ccccc2)csc1=NC1CCCCC1. The fourth-order valence-electron chi connectivity index (χ4n) is 2.90. The molecule has 23 heavy (non-hydrogen) atoms. The summed E-state index contributed by atoms with van der Waals surface area (Å²) in [6.07, 6.45) is 7.37. The highest BCUT2D eigenvalue weighted by molar-refractivity contribution is 7.07. The van der Waals surface area contributed by atoms with Gasteiger partial charge in [-0.1, -0.05) is 56.5 Å². The van der Waals surface area contributed by atoms with Gasteiger partial charge in [0.2, 0.25) is 4.80 Å². The van der Waals surface area contributed by atoms with Crippen LogP contribution in [0.25, 0.3) is 11.3 Å². The third kappa shape index (κ3) is 3.99. The van der Waals surface area contributed by atoms with Crippen LogP contribution in [0.15, 0.2) is 45.8 Å². The molecular weight excluding hydrogens is 302 g/mol. The Hall–Kier alpha value is -1.68. The monoisotopic (exact) mass is 327 g/mol. The second kappa shape index (κ2) is 7.73. The van der Waals surface area contributed by atoms with Crippen LogP contribution in [0.5, 0.6) is 0 Å². The van der Waals surface area contributed by atoms with Gasteiger partial charge in [0.25, 0.3) is 0 Å². The maximum Gasteiger partial charge on any atom is 0.206 e. The van der Waals surface area contributed by atoms with Gasteiger partial charge in [-0.3, -0.25) is 4.99 Å². The van der Waals surface area contributed by atoms with Crippen LogP contribution in [0.3, 0.4) is 0 Å². The second-order valence-electron chi connectivity index (χ2n) is 6.19. The van der Waals surface area contributed by atoms with E-state index in [1.165, 1.54) is 37.7 Å². The Morgan fingerprint density at radius 2 is 1.91 bits per heavy atom. The van der Waals surface area contributed by atoms with Crippen molar-refractivity contribution in [3.63, 3.8) is 0 Å². The number of nitrogens with zero attached hydrogens (tertiary/aromatic N) is 3. The molecule has 0 unspecified atom stereocenters. The minimum atomic E-state index is 0.467. The second-order valence-corrected chi connectivity index (χ2v) is 7.03. The van der Waals surface area contributed by atoms with Gasteiger partial charge in [-0.25, -0.2) is 4.68 Å². The molecule has 1 aromatic heterocycles. The molecule has 3 nitrogen and oxygen atoms in total. The van der Waals surface area contributed by atoms with Crippen molar-refractivity contribution in [2.24, 2.45) is 10.1 Å². The van der Waals surface area contributed by atoms with Crippen LogP contribution in [-0.4, -0.2) is 16.4 Å². The number of hydrogen-bond acceptors (Lipinski definition) is 3. The first kappa shape index (κ1) is 16.2. The Morgan fingerprint density at radius 1 is 1.17 bits per heavy atom. The highest BCUT2D eigenvalue weighted by atomic mass is 32.1. The third-order valence-electron chi connectivity index (χ3n) is 4.40. The molecule has 0 amide bonds. The number of thiazole rings is 1. The van der Waals surface area contributed by atoms with Crippen LogP contribution in [0.2, 0.25) is 0 Å². The number of aromatic nitrogens is 1. The van der Waals surface area contributed by atoms with Crippen molar-refractivity contribution in [1.82, 2.24) is 4.68 Å². The lowest BCUT2D eigenvalue weighted by Gasteiger charge is -2.17. The molecule has 3 rings (SSSR count). The summed E-state index contributed by atoms with van der Waals surface area (Å²) < 4.78 is 2.05. The van der Waals surface area contributed by atoms with Crippen molar-refractivity contribution in [1.29, 1.82) is 0 Å². The van der Waals surface area contributed by atoms with Crippen LogP contribution in [0.1, 0.15) is 52.4 Å². The van der Waals surface area contributed by atoms with Crippen LogP contribution < -0.4 is 4.80 Å². The summed E-state index contributed by atoms with van der Waals surface area (Å²) in [7, 11) is 0. The van der Waals surface area contributed by atoms with E-state index < -0.39 is 0 Å². The molecule has 1 fully saturated rings. The van der Waals surface area contributed by atoms with Crippen LogP contribution in [-0.2, 0) is 0 Å². The largest absolute Gasteiger partial charge is 0.254 e. The summed E-state index contributed by atoms with van der Waals surface area (Å²) in [6, 6.07) is 10.9. The number of hydrogen-bond donors (Lipinski definition) is 0. The lowest BCUT2D eigenvalue weighted by molar-refractivity contribution is 0.435. The van der Waals surface area contributed by atoms with Gasteiger partial charge in [-0.05, 0) is 26.2 Å². The molecule has 2 aromatic rings. The van der Waals surface area contributed by atoms with E-state index in [1.54, 1.807) is 11.3 Å². The maximum absolute atomic E-state index is 5.03. The molecule has 1 saturated carbocycles. The lowest BCUT2D eigenvalue weighted by Crippen LogP contribution is -2.19. The van der Waals surface area contributed by atoms with Gasteiger partial charge in [-0.15, -0.1) is 11.3 Å². The molecule has 1 aromatic carbocycles. The van der Waals surface area contributed by atoms with E-state index in [9.17, 15) is 0 Å². The number of benzene rings is 1. The van der Waals surface area contributed by atoms with Crippen molar-refractivity contribution < 1.29 is 0 Å². The van der Waals surface area contributed by atoms with E-state index in [4.69, 9.17) is 10.1 Å². The van der Waals surface area contributed by atoms with Crippen LogP contribution in [0.4, 0.5) is 0 Å². The molecule has 0 saturated heterocycles. The summed E-state index contributed by atoms with van der Waals surface area (Å²) in [4.78, 5) is 6.06. The van der Waals surface area contributed by atoms with Crippen molar-refractivity contribution in [3.05, 3.63) is 40.5 Å². The topological polar surface area (TPSA) is 29.6 Å². The molecule has 0 N–H and O–H groups in total. The van der Waals surface area contributed by atoms with Crippen LogP contribution in [0, 0.1) is 0 Å². The van der Waals surface area contributed by atoms with E-state index in [-0.39, 0.29) is 0 Å². The van der Waals surface area contributed by atoms with Gasteiger partial charge in [0.1, 0.15) is 0 Å². The Morgan fingerprint density at radius 3 is 2.61 bits per heavy atom. The average molecular weight is 327 g/mol. The molecule has 122 valence electrons. The Labute approximate surface area is 142 Å². The van der Waals surface area contributed by atoms with Gasteiger partial charge in [0, 0.05) is 16.7 Å². The smallest absolute Gasteiger partial charge is 0.206 e. The summed E-state index contributed by atoms with van der Waals surface area (Å²) in [5.41, 5.74) is 3.46. The van der Waals surface area contributed by atoms with Gasteiger partial charge in [0.05, 0.1) is 11.7 Å². The minimum absolute atomic E-state index is 0.467. The predicted molar refractivity (Wildman–Crippen MR) is 99.0 cm³/mol. The zero-order chi connectivity index (χ0) is 16.1. The standard InChI is InChI=1S/C19H25N3S/c1-3-15(2)21-22-18(16-10-6-4-7-11-16)14-23-19(22)20-17-12-8-5-9-13-17/h4,6-7,10-11,14,17H,3,5,8-9,12-13H2,1-2H3. The molecule has 0 atom stereocenters. The maximum atomic E-state index is 5.03. The van der Waals surface area contributed by atoms with Gasteiger partial charge < -0.3 is 0 Å². The normalized spacial score (nSPS) is 17.7. The Bertz CT molecular complexity index is 719. The van der Waals surface area contributed by atoms with E-state index in [0.717, 1.165) is 22.6 Å². The minimum Gasteiger partial charge on any atom is -0.254 e. The van der Waals surface area contributed by atoms with E-state index in [1.807, 2.05) is 10.7 Å².